The van der Waals surface area contributed by atoms with Gasteiger partial charge in [0.1, 0.15) is 0 Å². The molecule has 1 N–H and O–H groups in total. The van der Waals surface area contributed by atoms with Crippen LogP contribution in [0.1, 0.15) is 29.7 Å². The summed E-state index contributed by atoms with van der Waals surface area (Å²) in [6, 6.07) is 12.9. The quantitative estimate of drug-likeness (QED) is 0.513. The minimum atomic E-state index is -3.66. The molecule has 132 valence electrons. The minimum absolute atomic E-state index is 0.198. The van der Waals surface area contributed by atoms with Crippen molar-refractivity contribution in [3.05, 3.63) is 59.3 Å². The van der Waals surface area contributed by atoms with Crippen molar-refractivity contribution in [2.75, 3.05) is 6.61 Å². The number of aromatic nitrogens is 2. The van der Waals surface area contributed by atoms with E-state index in [1.807, 2.05) is 19.9 Å². The topological polar surface area (TPSA) is 72.1 Å². The summed E-state index contributed by atoms with van der Waals surface area (Å²) < 4.78 is 29.3. The van der Waals surface area contributed by atoms with Gasteiger partial charge in [-0.15, -0.1) is 0 Å². The largest absolute Gasteiger partial charge is 0.296 e. The molecule has 0 aliphatic heterocycles. The fourth-order valence-electron chi connectivity index (χ4n) is 2.72. The maximum atomic E-state index is 12.1. The number of rotatable bonds is 7. The van der Waals surface area contributed by atoms with Gasteiger partial charge in [0.25, 0.3) is 10.1 Å². The zero-order chi connectivity index (χ0) is 17.9. The Labute approximate surface area is 148 Å². The van der Waals surface area contributed by atoms with E-state index in [0.29, 0.717) is 6.42 Å². The summed E-state index contributed by atoms with van der Waals surface area (Å²) in [5.41, 5.74) is 4.26. The fourth-order valence-corrected chi connectivity index (χ4v) is 3.66. The fraction of sp³-hybridized carbons (Fsp3) is 0.316. The van der Waals surface area contributed by atoms with Crippen LogP contribution in [-0.2, 0) is 20.7 Å². The standard InChI is InChI=1S/C19H22N2O3S/c1-14-6-9-17(10-7-14)25(22,23)24-12-4-3-5-16-8-11-19-18(13-16)15(2)20-21-19/h6-11,13H,3-5,12H2,1-2H3,(H,20,21). The third-order valence-corrected chi connectivity index (χ3v) is 5.55. The van der Waals surface area contributed by atoms with Crippen molar-refractivity contribution >= 4 is 21.0 Å². The summed E-state index contributed by atoms with van der Waals surface area (Å²) in [4.78, 5) is 0.207. The van der Waals surface area contributed by atoms with Crippen LogP contribution in [0.4, 0.5) is 0 Å². The van der Waals surface area contributed by atoms with Gasteiger partial charge in [-0.25, -0.2) is 0 Å². The molecule has 0 atom stereocenters. The molecule has 5 nitrogen and oxygen atoms in total. The lowest BCUT2D eigenvalue weighted by atomic mass is 10.1. The highest BCUT2D eigenvalue weighted by molar-refractivity contribution is 7.86. The van der Waals surface area contributed by atoms with Crippen LogP contribution in [0.25, 0.3) is 10.9 Å². The average molecular weight is 358 g/mol. The Balaban J connectivity index is 1.49. The predicted molar refractivity (Wildman–Crippen MR) is 98.1 cm³/mol. The van der Waals surface area contributed by atoms with Gasteiger partial charge in [0.2, 0.25) is 0 Å². The van der Waals surface area contributed by atoms with E-state index in [-0.39, 0.29) is 11.5 Å². The van der Waals surface area contributed by atoms with Crippen LogP contribution in [0.15, 0.2) is 47.4 Å². The second-order valence-corrected chi connectivity index (χ2v) is 7.85. The van der Waals surface area contributed by atoms with Crippen LogP contribution >= 0.6 is 0 Å². The molecule has 6 heteroatoms. The molecule has 0 bridgehead atoms. The third-order valence-electron chi connectivity index (χ3n) is 4.23. The molecule has 1 heterocycles. The van der Waals surface area contributed by atoms with Gasteiger partial charge in [-0.05, 0) is 62.9 Å². The van der Waals surface area contributed by atoms with Crippen molar-refractivity contribution < 1.29 is 12.6 Å². The van der Waals surface area contributed by atoms with Crippen molar-refractivity contribution in [1.29, 1.82) is 0 Å². The first-order valence-corrected chi connectivity index (χ1v) is 9.76. The molecule has 1 aromatic heterocycles. The number of benzene rings is 2. The summed E-state index contributed by atoms with van der Waals surface area (Å²) in [6.07, 6.45) is 2.44. The number of aryl methyl sites for hydroxylation is 3. The van der Waals surface area contributed by atoms with Gasteiger partial charge in [-0.1, -0.05) is 23.8 Å². The predicted octanol–water partition coefficient (Wildman–Crippen LogP) is 3.91. The van der Waals surface area contributed by atoms with Crippen molar-refractivity contribution in [2.24, 2.45) is 0 Å². The van der Waals surface area contributed by atoms with Crippen molar-refractivity contribution in [3.8, 4) is 0 Å². The van der Waals surface area contributed by atoms with E-state index in [2.05, 4.69) is 22.3 Å². The van der Waals surface area contributed by atoms with Crippen LogP contribution in [0.2, 0.25) is 0 Å². The molecule has 0 radical (unpaired) electrons. The van der Waals surface area contributed by atoms with Gasteiger partial charge in [0.15, 0.2) is 0 Å². The highest BCUT2D eigenvalue weighted by Gasteiger charge is 2.14. The van der Waals surface area contributed by atoms with E-state index in [0.717, 1.165) is 35.0 Å². The number of H-pyrrole nitrogens is 1. The molecule has 0 unspecified atom stereocenters. The van der Waals surface area contributed by atoms with Gasteiger partial charge in [0, 0.05) is 5.39 Å². The average Bonchev–Trinajstić information content (AvgIpc) is 2.96. The van der Waals surface area contributed by atoms with Crippen molar-refractivity contribution in [3.63, 3.8) is 0 Å². The lowest BCUT2D eigenvalue weighted by Gasteiger charge is -2.06. The molecular formula is C19H22N2O3S. The smallest absolute Gasteiger partial charge is 0.278 e. The minimum Gasteiger partial charge on any atom is -0.278 e. The molecule has 0 spiro atoms. The number of fused-ring (bicyclic) bond motifs is 1. The van der Waals surface area contributed by atoms with Crippen LogP contribution in [0.5, 0.6) is 0 Å². The number of nitrogens with zero attached hydrogens (tertiary/aromatic N) is 1. The Morgan fingerprint density at radius 2 is 1.80 bits per heavy atom. The molecule has 3 aromatic rings. The summed E-state index contributed by atoms with van der Waals surface area (Å²) in [7, 11) is -3.66. The van der Waals surface area contributed by atoms with E-state index in [4.69, 9.17) is 4.18 Å². The highest BCUT2D eigenvalue weighted by atomic mass is 32.2. The van der Waals surface area contributed by atoms with Crippen molar-refractivity contribution in [2.45, 2.75) is 38.0 Å². The molecule has 2 aromatic carbocycles. The Bertz CT molecular complexity index is 960. The van der Waals surface area contributed by atoms with Gasteiger partial charge < -0.3 is 0 Å². The molecule has 0 amide bonds. The molecule has 25 heavy (non-hydrogen) atoms. The molecular weight excluding hydrogens is 336 g/mol. The van der Waals surface area contributed by atoms with Gasteiger partial charge >= 0.3 is 0 Å². The second-order valence-electron chi connectivity index (χ2n) is 6.24. The van der Waals surface area contributed by atoms with Crippen LogP contribution in [0, 0.1) is 13.8 Å². The van der Waals surface area contributed by atoms with Crippen molar-refractivity contribution in [1.82, 2.24) is 10.2 Å². The third kappa shape index (κ3) is 4.27. The number of hydrogen-bond donors (Lipinski definition) is 1. The lowest BCUT2D eigenvalue weighted by molar-refractivity contribution is 0.308. The highest BCUT2D eigenvalue weighted by Crippen LogP contribution is 2.18. The number of nitrogens with one attached hydrogen (secondary N) is 1. The number of hydrogen-bond acceptors (Lipinski definition) is 4. The Hall–Kier alpha value is -2.18. The maximum Gasteiger partial charge on any atom is 0.296 e. The SMILES string of the molecule is Cc1ccc(S(=O)(=O)OCCCCc2ccc3[nH]nc(C)c3c2)cc1. The summed E-state index contributed by atoms with van der Waals surface area (Å²) in [5, 5.41) is 8.32. The molecule has 0 aliphatic carbocycles. The van der Waals surface area contributed by atoms with E-state index in [1.165, 1.54) is 5.56 Å². The Kier molecular flexibility index (Phi) is 5.20. The van der Waals surface area contributed by atoms with Gasteiger partial charge in [0.05, 0.1) is 22.7 Å². The summed E-state index contributed by atoms with van der Waals surface area (Å²) in [5.74, 6) is 0. The maximum absolute atomic E-state index is 12.1. The lowest BCUT2D eigenvalue weighted by Crippen LogP contribution is -2.07. The zero-order valence-corrected chi connectivity index (χ0v) is 15.3. The molecule has 0 saturated heterocycles. The summed E-state index contributed by atoms with van der Waals surface area (Å²) in [6.45, 7) is 4.09. The number of unbranched alkanes of at least 4 members (excludes halogenated alkanes) is 1. The summed E-state index contributed by atoms with van der Waals surface area (Å²) >= 11 is 0. The monoisotopic (exact) mass is 358 g/mol. The number of aromatic amines is 1. The van der Waals surface area contributed by atoms with E-state index < -0.39 is 10.1 Å². The molecule has 0 saturated carbocycles. The van der Waals surface area contributed by atoms with Crippen LogP contribution in [-0.4, -0.2) is 25.2 Å². The zero-order valence-electron chi connectivity index (χ0n) is 14.5. The molecule has 0 fully saturated rings. The van der Waals surface area contributed by atoms with Gasteiger partial charge in [-0.2, -0.15) is 13.5 Å². The van der Waals surface area contributed by atoms with Crippen LogP contribution < -0.4 is 0 Å². The van der Waals surface area contributed by atoms with E-state index in [1.54, 1.807) is 24.3 Å². The van der Waals surface area contributed by atoms with Gasteiger partial charge in [-0.3, -0.25) is 9.28 Å². The van der Waals surface area contributed by atoms with E-state index in [9.17, 15) is 8.42 Å². The second kappa shape index (κ2) is 7.37. The first-order valence-electron chi connectivity index (χ1n) is 8.35. The molecule has 0 aliphatic rings. The Morgan fingerprint density at radius 1 is 1.04 bits per heavy atom. The first kappa shape index (κ1) is 17.6. The van der Waals surface area contributed by atoms with Crippen LogP contribution in [0.3, 0.4) is 0 Å². The first-order chi connectivity index (χ1) is 12.0. The molecule has 3 rings (SSSR count). The Morgan fingerprint density at radius 3 is 2.56 bits per heavy atom. The van der Waals surface area contributed by atoms with E-state index >= 15 is 0 Å². The normalized spacial score (nSPS) is 11.9.